The summed E-state index contributed by atoms with van der Waals surface area (Å²) in [5.41, 5.74) is 9.16. The minimum Gasteiger partial charge on any atom is -0.381 e. The molecule has 4 rings (SSSR count). The van der Waals surface area contributed by atoms with E-state index in [1.54, 1.807) is 18.6 Å². The normalized spacial score (nSPS) is 11.1. The summed E-state index contributed by atoms with van der Waals surface area (Å²) in [4.78, 5) is 13.0. The highest BCUT2D eigenvalue weighted by atomic mass is 15.3. The molecule has 0 aliphatic carbocycles. The summed E-state index contributed by atoms with van der Waals surface area (Å²) in [7, 11) is 0. The van der Waals surface area contributed by atoms with Crippen LogP contribution in [0, 0.1) is 0 Å². The van der Waals surface area contributed by atoms with E-state index in [2.05, 4.69) is 35.6 Å². The number of aromatic nitrogens is 7. The number of nitrogen functional groups attached to an aromatic ring is 1. The van der Waals surface area contributed by atoms with Gasteiger partial charge in [0.2, 0.25) is 0 Å². The zero-order valence-corrected chi connectivity index (χ0v) is 13.6. The van der Waals surface area contributed by atoms with Crippen molar-refractivity contribution in [1.82, 2.24) is 34.9 Å². The van der Waals surface area contributed by atoms with E-state index in [4.69, 9.17) is 5.73 Å². The number of pyridine rings is 1. The van der Waals surface area contributed by atoms with Gasteiger partial charge >= 0.3 is 0 Å². The lowest BCUT2D eigenvalue weighted by Crippen LogP contribution is -2.07. The predicted octanol–water partition coefficient (Wildman–Crippen LogP) is 1.83. The SMILES string of the molecule is CCn1cc(-c2cnc(N)c(NCc3[nH]nc4ncccc34)n2)cn1. The molecule has 0 saturated carbocycles. The van der Waals surface area contributed by atoms with Crippen molar-refractivity contribution in [2.45, 2.75) is 20.0 Å². The van der Waals surface area contributed by atoms with Crippen LogP contribution in [0.15, 0.2) is 36.9 Å². The Bertz CT molecular complexity index is 1020. The van der Waals surface area contributed by atoms with Crippen molar-refractivity contribution in [3.63, 3.8) is 0 Å². The van der Waals surface area contributed by atoms with E-state index in [0.717, 1.165) is 23.2 Å². The van der Waals surface area contributed by atoms with Crippen LogP contribution in [0.4, 0.5) is 11.6 Å². The van der Waals surface area contributed by atoms with Crippen LogP contribution in [0.5, 0.6) is 0 Å². The lowest BCUT2D eigenvalue weighted by Gasteiger charge is -2.08. The number of aryl methyl sites for hydroxylation is 1. The van der Waals surface area contributed by atoms with Crippen LogP contribution in [0.3, 0.4) is 0 Å². The molecular weight excluding hydrogens is 318 g/mol. The Morgan fingerprint density at radius 2 is 2.20 bits per heavy atom. The van der Waals surface area contributed by atoms with Crippen LogP contribution in [0.1, 0.15) is 12.6 Å². The largest absolute Gasteiger partial charge is 0.381 e. The Balaban J connectivity index is 1.58. The smallest absolute Gasteiger partial charge is 0.181 e. The molecule has 0 fully saturated rings. The second-order valence-electron chi connectivity index (χ2n) is 5.50. The maximum absolute atomic E-state index is 5.96. The summed E-state index contributed by atoms with van der Waals surface area (Å²) >= 11 is 0. The van der Waals surface area contributed by atoms with Gasteiger partial charge < -0.3 is 11.1 Å². The van der Waals surface area contributed by atoms with Gasteiger partial charge in [-0.3, -0.25) is 9.78 Å². The van der Waals surface area contributed by atoms with Crippen LogP contribution in [0.2, 0.25) is 0 Å². The quantitative estimate of drug-likeness (QED) is 0.508. The average molecular weight is 335 g/mol. The molecule has 126 valence electrons. The highest BCUT2D eigenvalue weighted by Crippen LogP contribution is 2.22. The zero-order valence-electron chi connectivity index (χ0n) is 13.6. The van der Waals surface area contributed by atoms with Crippen molar-refractivity contribution in [3.05, 3.63) is 42.6 Å². The van der Waals surface area contributed by atoms with Crippen molar-refractivity contribution >= 4 is 22.7 Å². The number of rotatable bonds is 5. The maximum atomic E-state index is 5.96. The molecule has 0 aliphatic rings. The third-order valence-corrected chi connectivity index (χ3v) is 3.89. The van der Waals surface area contributed by atoms with Gasteiger partial charge in [0, 0.05) is 29.9 Å². The van der Waals surface area contributed by atoms with E-state index >= 15 is 0 Å². The molecule has 9 nitrogen and oxygen atoms in total. The van der Waals surface area contributed by atoms with Gasteiger partial charge in [-0.2, -0.15) is 10.2 Å². The summed E-state index contributed by atoms with van der Waals surface area (Å²) in [6.45, 7) is 3.31. The molecule has 0 spiro atoms. The first-order chi connectivity index (χ1) is 12.2. The van der Waals surface area contributed by atoms with Gasteiger partial charge in [0.1, 0.15) is 0 Å². The molecule has 0 amide bonds. The number of anilines is 2. The van der Waals surface area contributed by atoms with Crippen molar-refractivity contribution in [2.24, 2.45) is 0 Å². The van der Waals surface area contributed by atoms with E-state index < -0.39 is 0 Å². The molecule has 4 aromatic heterocycles. The van der Waals surface area contributed by atoms with Gasteiger partial charge in [-0.15, -0.1) is 0 Å². The fraction of sp³-hybridized carbons (Fsp3) is 0.188. The second kappa shape index (κ2) is 6.19. The highest BCUT2D eigenvalue weighted by molar-refractivity contribution is 5.77. The van der Waals surface area contributed by atoms with Gasteiger partial charge in [0.05, 0.1) is 30.3 Å². The molecule has 25 heavy (non-hydrogen) atoms. The van der Waals surface area contributed by atoms with Gasteiger partial charge in [0.15, 0.2) is 17.3 Å². The number of hydrogen-bond acceptors (Lipinski definition) is 7. The number of nitrogens with one attached hydrogen (secondary N) is 2. The van der Waals surface area contributed by atoms with E-state index in [9.17, 15) is 0 Å². The van der Waals surface area contributed by atoms with Crippen LogP contribution < -0.4 is 11.1 Å². The first-order valence-electron chi connectivity index (χ1n) is 7.91. The molecule has 0 bridgehead atoms. The first-order valence-corrected chi connectivity index (χ1v) is 7.91. The summed E-state index contributed by atoms with van der Waals surface area (Å²) in [5, 5.41) is 15.6. The van der Waals surface area contributed by atoms with Gasteiger partial charge in [0.25, 0.3) is 0 Å². The average Bonchev–Trinajstić information content (AvgIpc) is 3.28. The van der Waals surface area contributed by atoms with E-state index in [1.807, 2.05) is 29.9 Å². The van der Waals surface area contributed by atoms with Crippen molar-refractivity contribution in [2.75, 3.05) is 11.1 Å². The van der Waals surface area contributed by atoms with Crippen LogP contribution >= 0.6 is 0 Å². The van der Waals surface area contributed by atoms with Crippen LogP contribution in [-0.4, -0.2) is 34.9 Å². The molecular formula is C16H17N9. The molecule has 0 atom stereocenters. The van der Waals surface area contributed by atoms with E-state index in [-0.39, 0.29) is 0 Å². The minimum absolute atomic E-state index is 0.341. The number of nitrogens with two attached hydrogens (primary N) is 1. The Morgan fingerprint density at radius 1 is 1.28 bits per heavy atom. The van der Waals surface area contributed by atoms with Gasteiger partial charge in [-0.1, -0.05) is 0 Å². The van der Waals surface area contributed by atoms with Crippen LogP contribution in [0.25, 0.3) is 22.3 Å². The van der Waals surface area contributed by atoms with Crippen molar-refractivity contribution in [3.8, 4) is 11.3 Å². The van der Waals surface area contributed by atoms with Gasteiger partial charge in [-0.05, 0) is 19.1 Å². The standard InChI is InChI=1S/C16H17N9/c1-2-25-9-10(6-21-25)12-7-19-14(17)16(22-12)20-8-13-11-4-3-5-18-15(11)24-23-13/h3-7,9H,2,8H2,1H3,(H2,17,19)(H,20,22)(H,18,23,24). The number of hydrogen-bond donors (Lipinski definition) is 3. The fourth-order valence-electron chi connectivity index (χ4n) is 2.55. The first kappa shape index (κ1) is 15.1. The summed E-state index contributed by atoms with van der Waals surface area (Å²) < 4.78 is 1.84. The summed E-state index contributed by atoms with van der Waals surface area (Å²) in [6.07, 6.45) is 7.05. The maximum Gasteiger partial charge on any atom is 0.181 e. The molecule has 4 N–H and O–H groups in total. The number of aromatic amines is 1. The molecule has 4 aromatic rings. The molecule has 0 aliphatic heterocycles. The topological polar surface area (TPSA) is 123 Å². The number of fused-ring (bicyclic) bond motifs is 1. The molecule has 4 heterocycles. The highest BCUT2D eigenvalue weighted by Gasteiger charge is 2.10. The molecule has 0 aromatic carbocycles. The number of nitrogens with zero attached hydrogens (tertiary/aromatic N) is 6. The van der Waals surface area contributed by atoms with Crippen LogP contribution in [-0.2, 0) is 13.1 Å². The Hall–Kier alpha value is -3.49. The van der Waals surface area contributed by atoms with Crippen molar-refractivity contribution < 1.29 is 0 Å². The molecule has 0 saturated heterocycles. The molecule has 0 radical (unpaired) electrons. The molecule has 0 unspecified atom stereocenters. The Kier molecular flexibility index (Phi) is 3.73. The Morgan fingerprint density at radius 3 is 3.04 bits per heavy atom. The van der Waals surface area contributed by atoms with Gasteiger partial charge in [-0.25, -0.2) is 15.0 Å². The summed E-state index contributed by atoms with van der Waals surface area (Å²) in [5.74, 6) is 0.863. The van der Waals surface area contributed by atoms with E-state index in [0.29, 0.717) is 29.5 Å². The lowest BCUT2D eigenvalue weighted by molar-refractivity contribution is 0.660. The zero-order chi connectivity index (χ0) is 17.2. The third-order valence-electron chi connectivity index (χ3n) is 3.89. The third kappa shape index (κ3) is 2.87. The Labute approximate surface area is 143 Å². The monoisotopic (exact) mass is 335 g/mol. The molecule has 9 heteroatoms. The fourth-order valence-corrected chi connectivity index (χ4v) is 2.55. The van der Waals surface area contributed by atoms with Crippen molar-refractivity contribution in [1.29, 1.82) is 0 Å². The summed E-state index contributed by atoms with van der Waals surface area (Å²) in [6, 6.07) is 3.84. The van der Waals surface area contributed by atoms with E-state index in [1.165, 1.54) is 0 Å². The lowest BCUT2D eigenvalue weighted by atomic mass is 10.2. The second-order valence-corrected chi connectivity index (χ2v) is 5.50. The number of H-pyrrole nitrogens is 1. The minimum atomic E-state index is 0.341. The predicted molar refractivity (Wildman–Crippen MR) is 94.6 cm³/mol.